The molecule has 1 heterocycles. The Morgan fingerprint density at radius 1 is 1.43 bits per heavy atom. The van der Waals surface area contributed by atoms with Gasteiger partial charge in [0, 0.05) is 6.54 Å². The van der Waals surface area contributed by atoms with Gasteiger partial charge in [-0.15, -0.1) is 0 Å². The SMILES string of the molecule is Cc1nc2ccc(C(=O)O)cc2n1CC1CCCC(O)C1. The predicted octanol–water partition coefficient (Wildman–Crippen LogP) is 2.59. The molecule has 5 heteroatoms. The maximum absolute atomic E-state index is 11.1. The normalized spacial score (nSPS) is 22.6. The zero-order chi connectivity index (χ0) is 15.0. The highest BCUT2D eigenvalue weighted by molar-refractivity contribution is 5.92. The van der Waals surface area contributed by atoms with E-state index in [2.05, 4.69) is 9.55 Å². The summed E-state index contributed by atoms with van der Waals surface area (Å²) in [5, 5.41) is 18.9. The molecule has 1 aromatic carbocycles. The molecule has 3 rings (SSSR count). The quantitative estimate of drug-likeness (QED) is 0.910. The molecule has 0 bridgehead atoms. The van der Waals surface area contributed by atoms with Crippen LogP contribution in [0.4, 0.5) is 0 Å². The van der Waals surface area contributed by atoms with E-state index in [1.54, 1.807) is 18.2 Å². The summed E-state index contributed by atoms with van der Waals surface area (Å²) < 4.78 is 2.09. The van der Waals surface area contributed by atoms with Gasteiger partial charge in [0.15, 0.2) is 0 Å². The number of carboxylic acids is 1. The van der Waals surface area contributed by atoms with Crippen molar-refractivity contribution in [3.63, 3.8) is 0 Å². The van der Waals surface area contributed by atoms with Crippen molar-refractivity contribution in [1.82, 2.24) is 9.55 Å². The van der Waals surface area contributed by atoms with Gasteiger partial charge in [-0.25, -0.2) is 9.78 Å². The molecule has 1 aliphatic rings. The molecule has 1 fully saturated rings. The number of aryl methyl sites for hydroxylation is 1. The number of carboxylic acid groups (broad SMARTS) is 1. The number of hydrogen-bond acceptors (Lipinski definition) is 3. The summed E-state index contributed by atoms with van der Waals surface area (Å²) in [5.41, 5.74) is 1.98. The highest BCUT2D eigenvalue weighted by Crippen LogP contribution is 2.28. The molecule has 2 atom stereocenters. The molecule has 0 amide bonds. The second kappa shape index (κ2) is 5.48. The lowest BCUT2D eigenvalue weighted by Crippen LogP contribution is -2.23. The van der Waals surface area contributed by atoms with Crippen molar-refractivity contribution in [2.75, 3.05) is 0 Å². The molecule has 1 aliphatic carbocycles. The number of fused-ring (bicyclic) bond motifs is 1. The number of benzene rings is 1. The molecule has 21 heavy (non-hydrogen) atoms. The average molecular weight is 288 g/mol. The van der Waals surface area contributed by atoms with Gasteiger partial charge < -0.3 is 14.8 Å². The first-order chi connectivity index (χ1) is 10.0. The standard InChI is InChI=1S/C16H20N2O3/c1-10-17-14-6-5-12(16(20)21)8-15(14)18(10)9-11-3-2-4-13(19)7-11/h5-6,8,11,13,19H,2-4,7,9H2,1H3,(H,20,21). The number of aromatic nitrogens is 2. The number of aliphatic hydroxyl groups is 1. The summed E-state index contributed by atoms with van der Waals surface area (Å²) >= 11 is 0. The minimum absolute atomic E-state index is 0.201. The Balaban J connectivity index is 1.94. The van der Waals surface area contributed by atoms with Crippen LogP contribution in [0.2, 0.25) is 0 Å². The van der Waals surface area contributed by atoms with Crippen molar-refractivity contribution in [3.05, 3.63) is 29.6 Å². The third-order valence-corrected chi connectivity index (χ3v) is 4.38. The van der Waals surface area contributed by atoms with E-state index in [0.717, 1.165) is 49.1 Å². The lowest BCUT2D eigenvalue weighted by molar-refractivity contribution is 0.0697. The van der Waals surface area contributed by atoms with Crippen LogP contribution in [0.25, 0.3) is 11.0 Å². The Labute approximate surface area is 123 Å². The number of imidazole rings is 1. The van der Waals surface area contributed by atoms with E-state index in [9.17, 15) is 9.90 Å². The number of rotatable bonds is 3. The lowest BCUT2D eigenvalue weighted by Gasteiger charge is -2.26. The molecule has 1 aromatic heterocycles. The van der Waals surface area contributed by atoms with E-state index >= 15 is 0 Å². The monoisotopic (exact) mass is 288 g/mol. The third-order valence-electron chi connectivity index (χ3n) is 4.38. The summed E-state index contributed by atoms with van der Waals surface area (Å²) in [6.07, 6.45) is 3.67. The highest BCUT2D eigenvalue weighted by atomic mass is 16.4. The van der Waals surface area contributed by atoms with Gasteiger partial charge in [0.25, 0.3) is 0 Å². The first kappa shape index (κ1) is 14.1. The minimum Gasteiger partial charge on any atom is -0.478 e. The van der Waals surface area contributed by atoms with Crippen molar-refractivity contribution in [1.29, 1.82) is 0 Å². The van der Waals surface area contributed by atoms with Gasteiger partial charge >= 0.3 is 5.97 Å². The number of carbonyl (C=O) groups is 1. The van der Waals surface area contributed by atoms with Crippen molar-refractivity contribution in [2.45, 2.75) is 45.3 Å². The van der Waals surface area contributed by atoms with Crippen LogP contribution in [-0.2, 0) is 6.54 Å². The predicted molar refractivity (Wildman–Crippen MR) is 79.4 cm³/mol. The number of aliphatic hydroxyl groups excluding tert-OH is 1. The number of nitrogens with zero attached hydrogens (tertiary/aromatic N) is 2. The van der Waals surface area contributed by atoms with Crippen LogP contribution in [0.15, 0.2) is 18.2 Å². The molecule has 2 unspecified atom stereocenters. The highest BCUT2D eigenvalue weighted by Gasteiger charge is 2.22. The van der Waals surface area contributed by atoms with E-state index in [-0.39, 0.29) is 11.7 Å². The largest absolute Gasteiger partial charge is 0.478 e. The van der Waals surface area contributed by atoms with Crippen LogP contribution in [0.5, 0.6) is 0 Å². The smallest absolute Gasteiger partial charge is 0.335 e. The summed E-state index contributed by atoms with van der Waals surface area (Å²) in [6.45, 7) is 2.74. The van der Waals surface area contributed by atoms with Crippen molar-refractivity contribution >= 4 is 17.0 Å². The Morgan fingerprint density at radius 3 is 2.95 bits per heavy atom. The van der Waals surface area contributed by atoms with E-state index < -0.39 is 5.97 Å². The van der Waals surface area contributed by atoms with Crippen molar-refractivity contribution in [2.24, 2.45) is 5.92 Å². The Bertz CT molecular complexity index is 677. The second-order valence-electron chi connectivity index (χ2n) is 5.96. The molecular weight excluding hydrogens is 268 g/mol. The first-order valence-electron chi connectivity index (χ1n) is 7.43. The molecule has 0 spiro atoms. The molecule has 0 aliphatic heterocycles. The van der Waals surface area contributed by atoms with Crippen LogP contribution in [-0.4, -0.2) is 31.8 Å². The number of aromatic carboxylic acids is 1. The lowest BCUT2D eigenvalue weighted by atomic mass is 9.87. The Morgan fingerprint density at radius 2 is 2.24 bits per heavy atom. The maximum atomic E-state index is 11.1. The molecule has 0 saturated heterocycles. The van der Waals surface area contributed by atoms with E-state index in [1.165, 1.54) is 0 Å². The topological polar surface area (TPSA) is 75.3 Å². The van der Waals surface area contributed by atoms with E-state index in [4.69, 9.17) is 5.11 Å². The van der Waals surface area contributed by atoms with Gasteiger partial charge in [-0.2, -0.15) is 0 Å². The third kappa shape index (κ3) is 2.78. The Kier molecular flexibility index (Phi) is 3.68. The van der Waals surface area contributed by atoms with Crippen LogP contribution in [0, 0.1) is 12.8 Å². The molecular formula is C16H20N2O3. The molecule has 2 aromatic rings. The Hall–Kier alpha value is -1.88. The van der Waals surface area contributed by atoms with E-state index in [1.807, 2.05) is 6.92 Å². The van der Waals surface area contributed by atoms with Gasteiger partial charge in [0.1, 0.15) is 5.82 Å². The first-order valence-corrected chi connectivity index (χ1v) is 7.43. The van der Waals surface area contributed by atoms with Crippen LogP contribution in [0.1, 0.15) is 41.9 Å². The van der Waals surface area contributed by atoms with Gasteiger partial charge in [-0.3, -0.25) is 0 Å². The molecule has 5 nitrogen and oxygen atoms in total. The molecule has 112 valence electrons. The van der Waals surface area contributed by atoms with Gasteiger partial charge in [-0.05, 0) is 50.3 Å². The van der Waals surface area contributed by atoms with Gasteiger partial charge in [-0.1, -0.05) is 6.42 Å². The second-order valence-corrected chi connectivity index (χ2v) is 5.96. The summed E-state index contributed by atoms with van der Waals surface area (Å²) in [4.78, 5) is 15.6. The van der Waals surface area contributed by atoms with Crippen LogP contribution < -0.4 is 0 Å². The van der Waals surface area contributed by atoms with Crippen LogP contribution >= 0.6 is 0 Å². The zero-order valence-corrected chi connectivity index (χ0v) is 12.1. The maximum Gasteiger partial charge on any atom is 0.335 e. The fourth-order valence-electron chi connectivity index (χ4n) is 3.29. The summed E-state index contributed by atoms with van der Waals surface area (Å²) in [7, 11) is 0. The van der Waals surface area contributed by atoms with Crippen LogP contribution in [0.3, 0.4) is 0 Å². The van der Waals surface area contributed by atoms with Gasteiger partial charge in [0.05, 0.1) is 22.7 Å². The van der Waals surface area contributed by atoms with Gasteiger partial charge in [0.2, 0.25) is 0 Å². The van der Waals surface area contributed by atoms with Crippen molar-refractivity contribution < 1.29 is 15.0 Å². The molecule has 2 N–H and O–H groups in total. The summed E-state index contributed by atoms with van der Waals surface area (Å²) in [5.74, 6) is 0.404. The average Bonchev–Trinajstić information content (AvgIpc) is 2.74. The summed E-state index contributed by atoms with van der Waals surface area (Å²) in [6, 6.07) is 5.04. The molecule has 0 radical (unpaired) electrons. The minimum atomic E-state index is -0.921. The zero-order valence-electron chi connectivity index (χ0n) is 12.1. The number of hydrogen-bond donors (Lipinski definition) is 2. The van der Waals surface area contributed by atoms with E-state index in [0.29, 0.717) is 5.92 Å². The fourth-order valence-corrected chi connectivity index (χ4v) is 3.29. The van der Waals surface area contributed by atoms with Crippen molar-refractivity contribution in [3.8, 4) is 0 Å². The fraction of sp³-hybridized carbons (Fsp3) is 0.500. The molecule has 1 saturated carbocycles.